The number of hydrogen-bond acceptors (Lipinski definition) is 3. The van der Waals surface area contributed by atoms with Crippen LogP contribution in [0.5, 0.6) is 0 Å². The molecule has 0 aromatic rings. The summed E-state index contributed by atoms with van der Waals surface area (Å²) >= 11 is 0. The second-order valence-electron chi connectivity index (χ2n) is 1.87. The van der Waals surface area contributed by atoms with Gasteiger partial charge in [-0.1, -0.05) is 6.58 Å². The van der Waals surface area contributed by atoms with Crippen LogP contribution in [0.15, 0.2) is 36.3 Å². The summed E-state index contributed by atoms with van der Waals surface area (Å²) in [6, 6.07) is 0. The lowest BCUT2D eigenvalue weighted by Gasteiger charge is -1.91. The number of carbonyl (C=O) groups is 1. The molecular weight excluding hydrogens is 165 g/mol. The average molecular weight is 171 g/mol. The summed E-state index contributed by atoms with van der Waals surface area (Å²) in [4.78, 5) is 19.2. The maximum Gasteiger partial charge on any atom is 0.263 e. The topological polar surface area (TPSA) is 60.2 Å². The van der Waals surface area contributed by atoms with E-state index in [1.165, 1.54) is 0 Å². The van der Waals surface area contributed by atoms with E-state index >= 15 is 0 Å². The van der Waals surface area contributed by atoms with Crippen LogP contribution in [0.2, 0.25) is 0 Å². The molecule has 4 nitrogen and oxygen atoms in total. The van der Waals surface area contributed by atoms with Gasteiger partial charge in [0.25, 0.3) is 5.70 Å². The fraction of sp³-hybridized carbons (Fsp3) is 0. The third-order valence-corrected chi connectivity index (χ3v) is 0.997. The van der Waals surface area contributed by atoms with E-state index in [0.29, 0.717) is 0 Å². The highest BCUT2D eigenvalue weighted by Gasteiger charge is 2.07. The van der Waals surface area contributed by atoms with Crippen LogP contribution in [0.25, 0.3) is 0 Å². The highest BCUT2D eigenvalue weighted by atomic mass is 19.1. The van der Waals surface area contributed by atoms with E-state index < -0.39 is 22.0 Å². The third-order valence-electron chi connectivity index (χ3n) is 0.997. The quantitative estimate of drug-likeness (QED) is 0.211. The normalized spacial score (nSPS) is 10.6. The highest BCUT2D eigenvalue weighted by molar-refractivity contribution is 5.79. The molecule has 0 aromatic heterocycles. The first kappa shape index (κ1) is 10.2. The van der Waals surface area contributed by atoms with Crippen LogP contribution >= 0.6 is 0 Å². The van der Waals surface area contributed by atoms with E-state index in [0.717, 1.165) is 6.08 Å². The van der Waals surface area contributed by atoms with Gasteiger partial charge >= 0.3 is 0 Å². The summed E-state index contributed by atoms with van der Waals surface area (Å²) in [6.07, 6.45) is 0.854. The van der Waals surface area contributed by atoms with Crippen molar-refractivity contribution in [3.8, 4) is 0 Å². The smallest absolute Gasteiger partial charge is 0.263 e. The summed E-state index contributed by atoms with van der Waals surface area (Å²) in [5.41, 5.74) is -1.03. The summed E-state index contributed by atoms with van der Waals surface area (Å²) < 4.78 is 12.2. The zero-order valence-corrected chi connectivity index (χ0v) is 6.12. The molecule has 0 N–H and O–H groups in total. The molecule has 0 radical (unpaired) electrons. The third kappa shape index (κ3) is 2.87. The molecule has 0 aromatic carbocycles. The lowest BCUT2D eigenvalue weighted by atomic mass is 10.2. The second-order valence-corrected chi connectivity index (χ2v) is 1.87. The first-order valence-electron chi connectivity index (χ1n) is 2.84. The minimum atomic E-state index is -1.02. The van der Waals surface area contributed by atoms with E-state index in [-0.39, 0.29) is 6.29 Å². The standard InChI is InChI=1S/C7H6FNO3/c1-5(9(11)12)3-7(4-10)6(2)8/h3-4H,1-2H2/b7-3-. The summed E-state index contributed by atoms with van der Waals surface area (Å²) in [6.45, 7) is 5.79. The average Bonchev–Trinajstić information content (AvgIpc) is 1.98. The zero-order chi connectivity index (χ0) is 9.72. The minimum Gasteiger partial charge on any atom is -0.298 e. The van der Waals surface area contributed by atoms with Crippen LogP contribution in [-0.4, -0.2) is 11.2 Å². The molecule has 0 heterocycles. The van der Waals surface area contributed by atoms with E-state index in [9.17, 15) is 19.3 Å². The predicted molar refractivity (Wildman–Crippen MR) is 40.5 cm³/mol. The Labute approximate surface area is 67.8 Å². The Balaban J connectivity index is 4.72. The molecule has 0 saturated carbocycles. The Morgan fingerprint density at radius 1 is 1.50 bits per heavy atom. The molecule has 0 bridgehead atoms. The molecule has 0 spiro atoms. The van der Waals surface area contributed by atoms with Gasteiger partial charge in [0.1, 0.15) is 5.83 Å². The van der Waals surface area contributed by atoms with Gasteiger partial charge in [-0.25, -0.2) is 4.39 Å². The van der Waals surface area contributed by atoms with Crippen LogP contribution < -0.4 is 0 Å². The minimum absolute atomic E-state index is 0.136. The van der Waals surface area contributed by atoms with Gasteiger partial charge in [0.05, 0.1) is 10.5 Å². The van der Waals surface area contributed by atoms with Crippen molar-refractivity contribution >= 4 is 6.29 Å². The number of hydrogen-bond donors (Lipinski definition) is 0. The maximum atomic E-state index is 12.2. The molecule has 12 heavy (non-hydrogen) atoms. The van der Waals surface area contributed by atoms with Crippen molar-refractivity contribution < 1.29 is 14.1 Å². The molecular formula is C7H6FNO3. The Bertz CT molecular complexity index is 280. The molecule has 0 atom stereocenters. The zero-order valence-electron chi connectivity index (χ0n) is 6.12. The van der Waals surface area contributed by atoms with Crippen molar-refractivity contribution in [2.45, 2.75) is 0 Å². The van der Waals surface area contributed by atoms with Crippen molar-refractivity contribution in [1.29, 1.82) is 0 Å². The van der Waals surface area contributed by atoms with Crippen molar-refractivity contribution in [2.75, 3.05) is 0 Å². The van der Waals surface area contributed by atoms with Crippen molar-refractivity contribution in [2.24, 2.45) is 0 Å². The molecule has 0 amide bonds. The second kappa shape index (κ2) is 4.17. The number of carbonyl (C=O) groups excluding carboxylic acids is 1. The number of nitrogens with zero attached hydrogens (tertiary/aromatic N) is 1. The lowest BCUT2D eigenvalue weighted by Crippen LogP contribution is -1.95. The monoisotopic (exact) mass is 171 g/mol. The number of rotatable bonds is 4. The SMILES string of the molecule is C=C(F)/C(C=O)=C\C(=C)[N+](=O)[O-]. The fourth-order valence-electron chi connectivity index (χ4n) is 0.408. The Morgan fingerprint density at radius 3 is 2.25 bits per heavy atom. The highest BCUT2D eigenvalue weighted by Crippen LogP contribution is 2.08. The van der Waals surface area contributed by atoms with Gasteiger partial charge in [-0.05, 0) is 6.58 Å². The van der Waals surface area contributed by atoms with E-state index in [1.54, 1.807) is 0 Å². The van der Waals surface area contributed by atoms with Gasteiger partial charge in [0, 0.05) is 6.08 Å². The maximum absolute atomic E-state index is 12.2. The molecule has 0 saturated heterocycles. The molecule has 0 aliphatic heterocycles. The molecule has 64 valence electrons. The largest absolute Gasteiger partial charge is 0.298 e. The molecule has 0 fully saturated rings. The predicted octanol–water partition coefficient (Wildman–Crippen LogP) is 1.39. The number of allylic oxidation sites excluding steroid dienone is 3. The van der Waals surface area contributed by atoms with Crippen LogP contribution in [0.1, 0.15) is 0 Å². The Morgan fingerprint density at radius 2 is 2.00 bits per heavy atom. The van der Waals surface area contributed by atoms with Crippen LogP contribution in [0, 0.1) is 10.1 Å². The van der Waals surface area contributed by atoms with Gasteiger partial charge in [0.15, 0.2) is 6.29 Å². The van der Waals surface area contributed by atoms with Crippen LogP contribution in [-0.2, 0) is 4.79 Å². The van der Waals surface area contributed by atoms with E-state index in [2.05, 4.69) is 13.2 Å². The lowest BCUT2D eigenvalue weighted by molar-refractivity contribution is -0.418. The first-order valence-corrected chi connectivity index (χ1v) is 2.84. The van der Waals surface area contributed by atoms with Gasteiger partial charge in [-0.15, -0.1) is 0 Å². The molecule has 0 rings (SSSR count). The Kier molecular flexibility index (Phi) is 3.55. The molecule has 0 unspecified atom stereocenters. The van der Waals surface area contributed by atoms with Crippen molar-refractivity contribution in [3.63, 3.8) is 0 Å². The molecule has 0 aliphatic carbocycles. The van der Waals surface area contributed by atoms with E-state index in [1.807, 2.05) is 0 Å². The van der Waals surface area contributed by atoms with Crippen LogP contribution in [0.3, 0.4) is 0 Å². The molecule has 5 heteroatoms. The van der Waals surface area contributed by atoms with Gasteiger partial charge < -0.3 is 0 Å². The number of nitro groups is 1. The number of aldehydes is 1. The fourth-order valence-corrected chi connectivity index (χ4v) is 0.408. The van der Waals surface area contributed by atoms with Crippen LogP contribution in [0.4, 0.5) is 4.39 Å². The summed E-state index contributed by atoms with van der Waals surface area (Å²) in [5, 5.41) is 9.97. The number of halogens is 1. The van der Waals surface area contributed by atoms with Crippen molar-refractivity contribution in [3.05, 3.63) is 46.4 Å². The first-order chi connectivity index (χ1) is 5.49. The molecule has 0 aliphatic rings. The van der Waals surface area contributed by atoms with Gasteiger partial charge in [-0.3, -0.25) is 14.9 Å². The summed E-state index contributed by atoms with van der Waals surface area (Å²) in [5.74, 6) is -1.02. The van der Waals surface area contributed by atoms with Crippen molar-refractivity contribution in [1.82, 2.24) is 0 Å². The van der Waals surface area contributed by atoms with Gasteiger partial charge in [0.2, 0.25) is 0 Å². The van der Waals surface area contributed by atoms with E-state index in [4.69, 9.17) is 0 Å². The Hall–Kier alpha value is -1.78. The summed E-state index contributed by atoms with van der Waals surface area (Å²) in [7, 11) is 0. The van der Waals surface area contributed by atoms with Gasteiger partial charge in [-0.2, -0.15) is 0 Å².